The van der Waals surface area contributed by atoms with Gasteiger partial charge in [0.2, 0.25) is 0 Å². The minimum atomic E-state index is -4.21. The quantitative estimate of drug-likeness (QED) is 0.267. The van der Waals surface area contributed by atoms with Crippen LogP contribution in [-0.4, -0.2) is 54.5 Å². The number of nitrogens with one attached hydrogen (secondary N) is 1. The third-order valence-electron chi connectivity index (χ3n) is 5.99. The molecule has 1 amide bonds. The van der Waals surface area contributed by atoms with Crippen LogP contribution in [0.5, 0.6) is 0 Å². The zero-order chi connectivity index (χ0) is 27.2. The number of amides is 1. The smallest absolute Gasteiger partial charge is 0.407 e. The SMILES string of the molecule is CC(C)(C)OC(=O)NC(Cc1ccccc1)C(O)CN(OC1CCCC1)S(=O)(=O)c1ccc(N)c(N)c1. The van der Waals surface area contributed by atoms with Crippen molar-refractivity contribution in [1.82, 2.24) is 9.79 Å². The Kier molecular flexibility index (Phi) is 9.41. The number of nitrogen functional groups attached to an aromatic ring is 2. The van der Waals surface area contributed by atoms with E-state index >= 15 is 0 Å². The second-order valence-electron chi connectivity index (χ2n) is 10.3. The minimum absolute atomic E-state index is 0.107. The van der Waals surface area contributed by atoms with Gasteiger partial charge in [-0.15, -0.1) is 0 Å². The first-order chi connectivity index (χ1) is 17.3. The molecule has 1 fully saturated rings. The summed E-state index contributed by atoms with van der Waals surface area (Å²) in [5, 5.41) is 14.0. The summed E-state index contributed by atoms with van der Waals surface area (Å²) in [6.07, 6.45) is 1.15. The zero-order valence-electron chi connectivity index (χ0n) is 21.6. The highest BCUT2D eigenvalue weighted by Crippen LogP contribution is 2.28. The summed E-state index contributed by atoms with van der Waals surface area (Å²) in [7, 11) is -4.21. The Balaban J connectivity index is 1.88. The maximum atomic E-state index is 13.6. The first-order valence-corrected chi connectivity index (χ1v) is 13.8. The monoisotopic (exact) mass is 534 g/mol. The molecule has 0 radical (unpaired) electrons. The molecule has 0 aliphatic heterocycles. The number of anilines is 2. The van der Waals surface area contributed by atoms with Crippen molar-refractivity contribution in [2.24, 2.45) is 0 Å². The lowest BCUT2D eigenvalue weighted by Gasteiger charge is -2.31. The summed E-state index contributed by atoms with van der Waals surface area (Å²) >= 11 is 0. The Morgan fingerprint density at radius 1 is 1.11 bits per heavy atom. The lowest BCUT2D eigenvalue weighted by molar-refractivity contribution is -0.145. The van der Waals surface area contributed by atoms with E-state index < -0.39 is 40.4 Å². The van der Waals surface area contributed by atoms with Crippen LogP contribution in [0.25, 0.3) is 0 Å². The van der Waals surface area contributed by atoms with Crippen LogP contribution in [-0.2, 0) is 26.0 Å². The molecule has 10 nitrogen and oxygen atoms in total. The van der Waals surface area contributed by atoms with E-state index in [4.69, 9.17) is 21.0 Å². The molecule has 6 N–H and O–H groups in total. The molecule has 2 aromatic rings. The molecule has 0 heterocycles. The highest BCUT2D eigenvalue weighted by atomic mass is 32.2. The normalized spacial score (nSPS) is 16.5. The van der Waals surface area contributed by atoms with Crippen molar-refractivity contribution >= 4 is 27.5 Å². The van der Waals surface area contributed by atoms with Crippen LogP contribution in [0, 0.1) is 0 Å². The second kappa shape index (κ2) is 12.1. The van der Waals surface area contributed by atoms with Gasteiger partial charge in [-0.1, -0.05) is 47.6 Å². The van der Waals surface area contributed by atoms with Crippen LogP contribution in [0.3, 0.4) is 0 Å². The van der Waals surface area contributed by atoms with Crippen molar-refractivity contribution < 1.29 is 27.9 Å². The van der Waals surface area contributed by atoms with Crippen molar-refractivity contribution in [3.8, 4) is 0 Å². The number of aliphatic hydroxyl groups excluding tert-OH is 1. The minimum Gasteiger partial charge on any atom is -0.444 e. The molecule has 0 saturated heterocycles. The Labute approximate surface area is 218 Å². The number of aliphatic hydroxyl groups is 1. The van der Waals surface area contributed by atoms with Gasteiger partial charge in [0.25, 0.3) is 10.0 Å². The number of ether oxygens (including phenoxy) is 1. The number of alkyl carbamates (subject to hydrolysis) is 1. The number of benzene rings is 2. The fraction of sp³-hybridized carbons (Fsp3) is 0.500. The Hall–Kier alpha value is -2.86. The largest absolute Gasteiger partial charge is 0.444 e. The lowest BCUT2D eigenvalue weighted by Crippen LogP contribution is -2.51. The van der Waals surface area contributed by atoms with Crippen molar-refractivity contribution in [2.75, 3.05) is 18.0 Å². The van der Waals surface area contributed by atoms with E-state index in [0.717, 1.165) is 22.9 Å². The zero-order valence-corrected chi connectivity index (χ0v) is 22.4. The van der Waals surface area contributed by atoms with E-state index in [1.165, 1.54) is 18.2 Å². The molecule has 11 heteroatoms. The van der Waals surface area contributed by atoms with Crippen LogP contribution in [0.4, 0.5) is 16.2 Å². The molecule has 0 aromatic heterocycles. The maximum Gasteiger partial charge on any atom is 0.407 e. The number of hydroxylamine groups is 1. The summed E-state index contributed by atoms with van der Waals surface area (Å²) in [6.45, 7) is 4.78. The molecule has 0 spiro atoms. The fourth-order valence-electron chi connectivity index (χ4n) is 4.08. The lowest BCUT2D eigenvalue weighted by atomic mass is 10.0. The summed E-state index contributed by atoms with van der Waals surface area (Å²) in [6, 6.07) is 12.4. The molecule has 37 heavy (non-hydrogen) atoms. The van der Waals surface area contributed by atoms with Crippen LogP contribution in [0.2, 0.25) is 0 Å². The number of carbonyl (C=O) groups is 1. The number of nitrogens with two attached hydrogens (primary N) is 2. The molecule has 3 rings (SSSR count). The van der Waals surface area contributed by atoms with Gasteiger partial charge in [-0.05, 0) is 63.8 Å². The third kappa shape index (κ3) is 8.32. The molecule has 1 aliphatic carbocycles. The molecule has 1 saturated carbocycles. The summed E-state index contributed by atoms with van der Waals surface area (Å²) < 4.78 is 33.4. The topological polar surface area (TPSA) is 157 Å². The standard InChI is InChI=1S/C26H38N4O6S/c1-26(2,3)35-25(32)29-23(15-18-9-5-4-6-10-18)24(31)17-30(36-19-11-7-8-12-19)37(33,34)20-13-14-21(27)22(28)16-20/h4-6,9-10,13-14,16,19,23-24,31H,7-8,11-12,15,17,27-28H2,1-3H3,(H,29,32). The van der Waals surface area contributed by atoms with Gasteiger partial charge in [-0.2, -0.15) is 0 Å². The Morgan fingerprint density at radius 3 is 2.35 bits per heavy atom. The number of sulfonamides is 1. The average molecular weight is 535 g/mol. The van der Waals surface area contributed by atoms with E-state index in [9.17, 15) is 18.3 Å². The summed E-state index contributed by atoms with van der Waals surface area (Å²) in [5.74, 6) is 0. The molecule has 2 unspecified atom stereocenters. The van der Waals surface area contributed by atoms with Gasteiger partial charge in [-0.25, -0.2) is 13.2 Å². The summed E-state index contributed by atoms with van der Waals surface area (Å²) in [4.78, 5) is 18.4. The van der Waals surface area contributed by atoms with Gasteiger partial charge in [0.15, 0.2) is 0 Å². The van der Waals surface area contributed by atoms with Gasteiger partial charge in [-0.3, -0.25) is 4.84 Å². The van der Waals surface area contributed by atoms with Gasteiger partial charge in [0.05, 0.1) is 41.1 Å². The van der Waals surface area contributed by atoms with Crippen LogP contribution < -0.4 is 16.8 Å². The molecule has 0 bridgehead atoms. The van der Waals surface area contributed by atoms with Crippen LogP contribution in [0.1, 0.15) is 52.0 Å². The molecule has 2 aromatic carbocycles. The predicted molar refractivity (Wildman–Crippen MR) is 142 cm³/mol. The molecule has 2 atom stereocenters. The first kappa shape index (κ1) is 28.7. The highest BCUT2D eigenvalue weighted by Gasteiger charge is 2.35. The van der Waals surface area contributed by atoms with Crippen LogP contribution in [0.15, 0.2) is 53.4 Å². The van der Waals surface area contributed by atoms with Gasteiger partial charge in [0.1, 0.15) is 5.60 Å². The van der Waals surface area contributed by atoms with Crippen molar-refractivity contribution in [2.45, 2.75) is 81.6 Å². The highest BCUT2D eigenvalue weighted by molar-refractivity contribution is 7.89. The van der Waals surface area contributed by atoms with Gasteiger partial charge in [0, 0.05) is 0 Å². The fourth-order valence-corrected chi connectivity index (χ4v) is 5.41. The van der Waals surface area contributed by atoms with E-state index in [2.05, 4.69) is 5.32 Å². The van der Waals surface area contributed by atoms with E-state index in [0.29, 0.717) is 12.8 Å². The summed E-state index contributed by atoms with van der Waals surface area (Å²) in [5.41, 5.74) is 12.1. The third-order valence-corrected chi connectivity index (χ3v) is 7.62. The molecule has 204 valence electrons. The molecular formula is C26H38N4O6S. The average Bonchev–Trinajstić information content (AvgIpc) is 3.32. The van der Waals surface area contributed by atoms with Crippen molar-refractivity contribution in [1.29, 1.82) is 0 Å². The van der Waals surface area contributed by atoms with E-state index in [1.54, 1.807) is 20.8 Å². The first-order valence-electron chi connectivity index (χ1n) is 12.4. The van der Waals surface area contributed by atoms with E-state index in [-0.39, 0.29) is 28.8 Å². The predicted octanol–water partition coefficient (Wildman–Crippen LogP) is 3.21. The molecular weight excluding hydrogens is 496 g/mol. The number of carbonyl (C=O) groups excluding carboxylic acids is 1. The molecule has 1 aliphatic rings. The van der Waals surface area contributed by atoms with Crippen molar-refractivity contribution in [3.63, 3.8) is 0 Å². The Bertz CT molecular complexity index is 1150. The van der Waals surface area contributed by atoms with E-state index in [1.807, 2.05) is 30.3 Å². The van der Waals surface area contributed by atoms with Crippen LogP contribution >= 0.6 is 0 Å². The number of hydrogen-bond acceptors (Lipinski definition) is 8. The maximum absolute atomic E-state index is 13.6. The van der Waals surface area contributed by atoms with Gasteiger partial charge < -0.3 is 26.6 Å². The number of hydrogen-bond donors (Lipinski definition) is 4. The van der Waals surface area contributed by atoms with Crippen molar-refractivity contribution in [3.05, 3.63) is 54.1 Å². The second-order valence-corrected chi connectivity index (χ2v) is 12.1. The Morgan fingerprint density at radius 2 is 1.76 bits per heavy atom. The number of rotatable bonds is 10. The number of nitrogens with zero attached hydrogens (tertiary/aromatic N) is 1. The van der Waals surface area contributed by atoms with Gasteiger partial charge >= 0.3 is 6.09 Å².